The van der Waals surface area contributed by atoms with Crippen molar-refractivity contribution in [2.75, 3.05) is 0 Å². The van der Waals surface area contributed by atoms with Gasteiger partial charge in [0.1, 0.15) is 17.4 Å². The van der Waals surface area contributed by atoms with Gasteiger partial charge in [-0.15, -0.1) is 11.3 Å². The first-order valence-electron chi connectivity index (χ1n) is 7.40. The molecule has 120 valence electrons. The topological polar surface area (TPSA) is 55.1 Å². The van der Waals surface area contributed by atoms with Gasteiger partial charge < -0.3 is 9.67 Å². The minimum Gasteiger partial charge on any atom is -0.480 e. The quantitative estimate of drug-likeness (QED) is 0.599. The number of carboxylic acid groups (broad SMARTS) is 1. The molecule has 2 heterocycles. The lowest BCUT2D eigenvalue weighted by Crippen LogP contribution is -2.09. The molecule has 0 bridgehead atoms. The summed E-state index contributed by atoms with van der Waals surface area (Å²) in [6, 6.07) is 12.2. The lowest BCUT2D eigenvalue weighted by molar-refractivity contribution is -0.137. The van der Waals surface area contributed by atoms with Gasteiger partial charge in [-0.05, 0) is 31.2 Å². The number of hydrogen-bond donors (Lipinski definition) is 1. The Balaban J connectivity index is 2.01. The van der Waals surface area contributed by atoms with Crippen molar-refractivity contribution < 1.29 is 14.3 Å². The van der Waals surface area contributed by atoms with Crippen molar-refractivity contribution in [3.63, 3.8) is 0 Å². The van der Waals surface area contributed by atoms with Crippen molar-refractivity contribution >= 4 is 38.4 Å². The molecule has 0 atom stereocenters. The van der Waals surface area contributed by atoms with Gasteiger partial charge >= 0.3 is 5.97 Å². The van der Waals surface area contributed by atoms with Crippen molar-refractivity contribution in [1.29, 1.82) is 0 Å². The van der Waals surface area contributed by atoms with E-state index in [0.717, 1.165) is 37.4 Å². The first-order valence-corrected chi connectivity index (χ1v) is 8.22. The van der Waals surface area contributed by atoms with Crippen LogP contribution in [0.25, 0.3) is 31.7 Å². The molecule has 0 spiro atoms. The fourth-order valence-corrected chi connectivity index (χ4v) is 4.15. The van der Waals surface area contributed by atoms with Crippen molar-refractivity contribution in [1.82, 2.24) is 9.55 Å². The lowest BCUT2D eigenvalue weighted by Gasteiger charge is -2.04. The molecule has 0 saturated heterocycles. The van der Waals surface area contributed by atoms with Crippen LogP contribution in [0.5, 0.6) is 0 Å². The van der Waals surface area contributed by atoms with E-state index in [1.165, 1.54) is 23.5 Å². The summed E-state index contributed by atoms with van der Waals surface area (Å²) in [6.07, 6.45) is 0. The molecule has 0 aliphatic carbocycles. The number of benzene rings is 2. The van der Waals surface area contributed by atoms with E-state index in [1.54, 1.807) is 10.6 Å². The van der Waals surface area contributed by atoms with Crippen LogP contribution in [-0.4, -0.2) is 20.6 Å². The molecule has 2 aromatic heterocycles. The molecule has 4 rings (SSSR count). The fourth-order valence-electron chi connectivity index (χ4n) is 3.05. The van der Waals surface area contributed by atoms with Crippen LogP contribution in [0.1, 0.15) is 5.69 Å². The molecule has 4 nitrogen and oxygen atoms in total. The molecule has 0 radical (unpaired) electrons. The van der Waals surface area contributed by atoms with E-state index in [4.69, 9.17) is 0 Å². The van der Waals surface area contributed by atoms with Crippen molar-refractivity contribution in [3.8, 4) is 10.6 Å². The van der Waals surface area contributed by atoms with Gasteiger partial charge in [-0.1, -0.05) is 18.2 Å². The zero-order valence-electron chi connectivity index (χ0n) is 12.8. The van der Waals surface area contributed by atoms with E-state index in [2.05, 4.69) is 4.98 Å². The molecule has 0 unspecified atom stereocenters. The molecule has 4 aromatic rings. The number of halogens is 1. The van der Waals surface area contributed by atoms with Crippen molar-refractivity contribution in [2.45, 2.75) is 13.5 Å². The number of carbonyl (C=O) groups is 1. The summed E-state index contributed by atoms with van der Waals surface area (Å²) in [6.45, 7) is 1.79. The third-order valence-corrected chi connectivity index (χ3v) is 5.12. The Morgan fingerprint density at radius 3 is 2.88 bits per heavy atom. The summed E-state index contributed by atoms with van der Waals surface area (Å²) in [5, 5.41) is 10.9. The maximum atomic E-state index is 13.4. The highest BCUT2D eigenvalue weighted by molar-refractivity contribution is 7.21. The molecular weight excluding hydrogens is 327 g/mol. The Kier molecular flexibility index (Phi) is 3.35. The smallest absolute Gasteiger partial charge is 0.323 e. The molecule has 0 aliphatic rings. The highest BCUT2D eigenvalue weighted by atomic mass is 32.1. The predicted octanol–water partition coefficient (Wildman–Crippen LogP) is 4.45. The maximum absolute atomic E-state index is 13.4. The predicted molar refractivity (Wildman–Crippen MR) is 92.9 cm³/mol. The minimum absolute atomic E-state index is 0.105. The molecule has 0 fully saturated rings. The largest absolute Gasteiger partial charge is 0.480 e. The zero-order valence-corrected chi connectivity index (χ0v) is 13.6. The Bertz CT molecular complexity index is 1100. The van der Waals surface area contributed by atoms with Gasteiger partial charge in [-0.25, -0.2) is 9.37 Å². The average molecular weight is 340 g/mol. The first kappa shape index (κ1) is 14.8. The second-order valence-corrected chi connectivity index (χ2v) is 6.62. The minimum atomic E-state index is -0.892. The van der Waals surface area contributed by atoms with Crippen LogP contribution in [0.15, 0.2) is 42.5 Å². The number of thiazole rings is 1. The van der Waals surface area contributed by atoms with Gasteiger partial charge in [0.25, 0.3) is 0 Å². The zero-order chi connectivity index (χ0) is 16.8. The summed E-state index contributed by atoms with van der Waals surface area (Å²) in [5.41, 5.74) is 3.36. The maximum Gasteiger partial charge on any atom is 0.323 e. The van der Waals surface area contributed by atoms with Gasteiger partial charge in [-0.2, -0.15) is 0 Å². The Morgan fingerprint density at radius 2 is 2.08 bits per heavy atom. The van der Waals surface area contributed by atoms with Gasteiger partial charge in [0.15, 0.2) is 0 Å². The van der Waals surface area contributed by atoms with E-state index in [9.17, 15) is 14.3 Å². The van der Waals surface area contributed by atoms with Gasteiger partial charge in [0.2, 0.25) is 0 Å². The van der Waals surface area contributed by atoms with Crippen LogP contribution >= 0.6 is 11.3 Å². The molecule has 24 heavy (non-hydrogen) atoms. The molecule has 6 heteroatoms. The lowest BCUT2D eigenvalue weighted by atomic mass is 10.1. The number of aromatic nitrogens is 2. The monoisotopic (exact) mass is 340 g/mol. The number of aliphatic carboxylic acids is 1. The summed E-state index contributed by atoms with van der Waals surface area (Å²) in [7, 11) is 0. The van der Waals surface area contributed by atoms with Crippen LogP contribution in [0.4, 0.5) is 4.39 Å². The Labute approximate surface area is 140 Å². The molecule has 1 N–H and O–H groups in total. The van der Waals surface area contributed by atoms with Gasteiger partial charge in [-0.3, -0.25) is 4.79 Å². The Hall–Kier alpha value is -2.73. The highest BCUT2D eigenvalue weighted by Gasteiger charge is 2.19. The molecule has 2 aromatic carbocycles. The summed E-state index contributed by atoms with van der Waals surface area (Å²) < 4.78 is 16.0. The highest BCUT2D eigenvalue weighted by Crippen LogP contribution is 2.38. The number of rotatable bonds is 3. The van der Waals surface area contributed by atoms with Crippen LogP contribution in [0, 0.1) is 12.7 Å². The fraction of sp³-hybridized carbons (Fsp3) is 0.111. The summed E-state index contributed by atoms with van der Waals surface area (Å²) >= 11 is 1.41. The molecule has 0 aliphatic heterocycles. The SMILES string of the molecule is Cc1c(-c2nc3ccc(F)cc3s2)c2ccccc2n1CC(=O)O. The van der Waals surface area contributed by atoms with Crippen LogP contribution in [-0.2, 0) is 11.3 Å². The second kappa shape index (κ2) is 5.42. The van der Waals surface area contributed by atoms with Crippen LogP contribution in [0.3, 0.4) is 0 Å². The number of carboxylic acids is 1. The first-order chi connectivity index (χ1) is 11.5. The molecule has 0 saturated carbocycles. The average Bonchev–Trinajstić information content (AvgIpc) is 3.06. The Morgan fingerprint density at radius 1 is 1.29 bits per heavy atom. The number of fused-ring (bicyclic) bond motifs is 2. The number of hydrogen-bond acceptors (Lipinski definition) is 3. The van der Waals surface area contributed by atoms with E-state index in [0.29, 0.717) is 0 Å². The second-order valence-electron chi connectivity index (χ2n) is 5.59. The molecule has 0 amide bonds. The van der Waals surface area contributed by atoms with E-state index >= 15 is 0 Å². The summed E-state index contributed by atoms with van der Waals surface area (Å²) in [5.74, 6) is -1.18. The number of para-hydroxylation sites is 1. The van der Waals surface area contributed by atoms with E-state index in [1.807, 2.05) is 31.2 Å². The third kappa shape index (κ3) is 2.27. The van der Waals surface area contributed by atoms with Crippen molar-refractivity contribution in [3.05, 3.63) is 54.0 Å². The van der Waals surface area contributed by atoms with Gasteiger partial charge in [0, 0.05) is 22.2 Å². The standard InChI is InChI=1S/C18H13FN2O2S/c1-10-17(18-20-13-7-6-11(19)8-15(13)24-18)12-4-2-3-5-14(12)21(10)9-16(22)23/h2-8H,9H2,1H3,(H,22,23). The van der Waals surface area contributed by atoms with Crippen molar-refractivity contribution in [2.24, 2.45) is 0 Å². The van der Waals surface area contributed by atoms with Gasteiger partial charge in [0.05, 0.1) is 10.2 Å². The van der Waals surface area contributed by atoms with E-state index < -0.39 is 5.97 Å². The van der Waals surface area contributed by atoms with Crippen LogP contribution < -0.4 is 0 Å². The third-order valence-electron chi connectivity index (χ3n) is 4.09. The molecular formula is C18H13FN2O2S. The normalized spacial score (nSPS) is 11.4. The van der Waals surface area contributed by atoms with Crippen LogP contribution in [0.2, 0.25) is 0 Å². The summed E-state index contributed by atoms with van der Waals surface area (Å²) in [4.78, 5) is 15.8. The number of nitrogens with zero attached hydrogens (tertiary/aromatic N) is 2. The van der Waals surface area contributed by atoms with E-state index in [-0.39, 0.29) is 12.4 Å².